The van der Waals surface area contributed by atoms with Gasteiger partial charge in [0.15, 0.2) is 0 Å². The largest absolute Gasteiger partial charge is 0.310 e. The van der Waals surface area contributed by atoms with Crippen LogP contribution in [0.25, 0.3) is 11.1 Å². The Kier molecular flexibility index (Phi) is 15.1. The SMILES string of the molecule is Cc1ccccc1C1(c2ccccc2[SiH](C)C)c2ccccc2N(c2ccc(-c3ccc4c(c3)B(c3c(C(C)C)cc(C(C)C)cc3C(C)C)c3ccccc3B4c3c(C(C)C)cc(C(C)C)cc3C(C)C)cc2)c2ccccc21. The van der Waals surface area contributed by atoms with Gasteiger partial charge in [0.1, 0.15) is 0 Å². The van der Waals surface area contributed by atoms with Gasteiger partial charge in [-0.15, -0.1) is 0 Å². The third-order valence-electron chi connectivity index (χ3n) is 18.4. The van der Waals surface area contributed by atoms with E-state index in [9.17, 15) is 0 Å². The summed E-state index contributed by atoms with van der Waals surface area (Å²) >= 11 is 0. The van der Waals surface area contributed by atoms with Crippen LogP contribution in [0.5, 0.6) is 0 Å². The van der Waals surface area contributed by atoms with Crippen LogP contribution in [-0.2, 0) is 5.41 Å². The molecule has 0 saturated heterocycles. The molecule has 0 aromatic heterocycles. The summed E-state index contributed by atoms with van der Waals surface area (Å²) in [6.07, 6.45) is 0. The van der Waals surface area contributed by atoms with Gasteiger partial charge in [-0.3, -0.25) is 0 Å². The summed E-state index contributed by atoms with van der Waals surface area (Å²) in [7, 11) is -1.28. The number of rotatable bonds is 13. The molecule has 2 aliphatic rings. The molecule has 0 bridgehead atoms. The number of hydrogen-bond donors (Lipinski definition) is 0. The van der Waals surface area contributed by atoms with Crippen LogP contribution in [0.15, 0.2) is 188 Å². The highest BCUT2D eigenvalue weighted by atomic mass is 28.3. The minimum absolute atomic E-state index is 0.0611. The molecule has 11 rings (SSSR count). The molecule has 0 N–H and O–H groups in total. The highest BCUT2D eigenvalue weighted by Gasteiger charge is 2.48. The lowest BCUT2D eigenvalue weighted by Crippen LogP contribution is -2.76. The van der Waals surface area contributed by atoms with E-state index < -0.39 is 14.2 Å². The van der Waals surface area contributed by atoms with E-state index >= 15 is 0 Å². The summed E-state index contributed by atoms with van der Waals surface area (Å²) in [4.78, 5) is 2.54. The third kappa shape index (κ3) is 9.19. The molecule has 9 aromatic rings. The number of benzene rings is 9. The van der Waals surface area contributed by atoms with Gasteiger partial charge in [0, 0.05) is 5.69 Å². The average Bonchev–Trinajstić information content (AvgIpc) is 3.43. The van der Waals surface area contributed by atoms with Gasteiger partial charge in [-0.25, -0.2) is 0 Å². The van der Waals surface area contributed by atoms with E-state index in [1.165, 1.54) is 122 Å². The minimum atomic E-state index is -1.28. The fourth-order valence-corrected chi connectivity index (χ4v) is 15.8. The monoisotopic (exact) mass is 1060 g/mol. The molecular weight excluding hydrogens is 977 g/mol. The van der Waals surface area contributed by atoms with Crippen molar-refractivity contribution in [2.45, 2.75) is 144 Å². The molecule has 1 nitrogen and oxygen atoms in total. The highest BCUT2D eigenvalue weighted by molar-refractivity contribution is 7.11. The third-order valence-corrected chi connectivity index (χ3v) is 20.1. The number of para-hydroxylation sites is 2. The van der Waals surface area contributed by atoms with Gasteiger partial charge in [0.05, 0.1) is 25.6 Å². The molecule has 0 radical (unpaired) electrons. The Morgan fingerprint density at radius 3 is 1.20 bits per heavy atom. The first kappa shape index (κ1) is 55.1. The first-order chi connectivity index (χ1) is 38.4. The van der Waals surface area contributed by atoms with Crippen molar-refractivity contribution in [2.75, 3.05) is 4.90 Å². The zero-order valence-corrected chi connectivity index (χ0v) is 51.7. The lowest BCUT2D eigenvalue weighted by molar-refractivity contribution is 0.729. The standard InChI is InChI=1S/C76H83B2NSi/c1-47(2)56-42-59(49(5)6)74(60(43-56)50(7)8)77-67-31-21-22-32-68(67)78(75-61(51(9)10)44-57(48(3)4)45-62(75)52(11)12)70-46-55(38-41-69(70)77)54-36-39-58(40-37-54)79-71-33-23-18-28-64(71)76(63-27-17-16-26-53(63)13,65-29-19-24-34-72(65)79)66-30-20-25-35-73(66)80(14)15/h16-52,80H,1-15H3. The maximum Gasteiger partial charge on any atom is 0.240 e. The van der Waals surface area contributed by atoms with Crippen LogP contribution < -0.4 is 42.9 Å². The van der Waals surface area contributed by atoms with E-state index in [4.69, 9.17) is 0 Å². The van der Waals surface area contributed by atoms with Gasteiger partial charge in [0.25, 0.3) is 0 Å². The van der Waals surface area contributed by atoms with Crippen molar-refractivity contribution >= 4 is 77.2 Å². The van der Waals surface area contributed by atoms with Crippen LogP contribution in [0.3, 0.4) is 0 Å². The maximum atomic E-state index is 2.62. The molecule has 0 unspecified atom stereocenters. The second-order valence-electron chi connectivity index (χ2n) is 25.7. The summed E-state index contributed by atoms with van der Waals surface area (Å²) in [5, 5.41) is 1.51. The van der Waals surface area contributed by atoms with Crippen LogP contribution in [-0.4, -0.2) is 22.2 Å². The van der Waals surface area contributed by atoms with E-state index in [-0.39, 0.29) is 13.4 Å². The average molecular weight is 1060 g/mol. The van der Waals surface area contributed by atoms with E-state index in [1.807, 2.05) is 0 Å². The molecule has 0 fully saturated rings. The first-order valence-corrected chi connectivity index (χ1v) is 33.1. The van der Waals surface area contributed by atoms with Crippen LogP contribution in [0.4, 0.5) is 17.1 Å². The van der Waals surface area contributed by atoms with Gasteiger partial charge in [0.2, 0.25) is 13.4 Å². The number of aryl methyl sites for hydroxylation is 1. The van der Waals surface area contributed by atoms with Crippen molar-refractivity contribution < 1.29 is 0 Å². The quantitative estimate of drug-likeness (QED) is 0.104. The van der Waals surface area contributed by atoms with Crippen molar-refractivity contribution in [3.8, 4) is 11.1 Å². The van der Waals surface area contributed by atoms with Crippen molar-refractivity contribution in [1.82, 2.24) is 0 Å². The number of anilines is 3. The topological polar surface area (TPSA) is 3.24 Å². The van der Waals surface area contributed by atoms with E-state index in [0.29, 0.717) is 35.5 Å². The van der Waals surface area contributed by atoms with Crippen molar-refractivity contribution in [3.05, 3.63) is 249 Å². The number of hydrogen-bond acceptors (Lipinski definition) is 1. The molecule has 0 aliphatic carbocycles. The second-order valence-corrected chi connectivity index (χ2v) is 28.6. The molecule has 2 heterocycles. The van der Waals surface area contributed by atoms with Gasteiger partial charge in [-0.2, -0.15) is 0 Å². The zero-order valence-electron chi connectivity index (χ0n) is 50.5. The minimum Gasteiger partial charge on any atom is -0.310 e. The van der Waals surface area contributed by atoms with Crippen LogP contribution in [0, 0.1) is 6.92 Å². The van der Waals surface area contributed by atoms with Crippen LogP contribution >= 0.6 is 0 Å². The number of nitrogens with zero attached hydrogens (tertiary/aromatic N) is 1. The van der Waals surface area contributed by atoms with Crippen molar-refractivity contribution in [1.29, 1.82) is 0 Å². The Morgan fingerprint density at radius 2 is 0.750 bits per heavy atom. The molecule has 402 valence electrons. The Balaban J connectivity index is 1.13. The predicted octanol–water partition coefficient (Wildman–Crippen LogP) is 15.6. The molecule has 0 spiro atoms. The smallest absolute Gasteiger partial charge is 0.240 e. The molecule has 0 saturated carbocycles. The van der Waals surface area contributed by atoms with Gasteiger partial charge >= 0.3 is 0 Å². The maximum absolute atomic E-state index is 2.62. The fraction of sp³-hybridized carbons (Fsp3) is 0.289. The van der Waals surface area contributed by atoms with Crippen molar-refractivity contribution in [3.63, 3.8) is 0 Å². The lowest BCUT2D eigenvalue weighted by Gasteiger charge is -2.48. The molecule has 80 heavy (non-hydrogen) atoms. The van der Waals surface area contributed by atoms with E-state index in [1.54, 1.807) is 0 Å². The van der Waals surface area contributed by atoms with E-state index in [0.717, 1.165) is 5.69 Å². The van der Waals surface area contributed by atoms with Gasteiger partial charge < -0.3 is 4.90 Å². The summed E-state index contributed by atoms with van der Waals surface area (Å²) in [5.74, 6) is 2.33. The summed E-state index contributed by atoms with van der Waals surface area (Å²) in [5.41, 5.74) is 29.8. The molecule has 4 heteroatoms. The number of fused-ring (bicyclic) bond motifs is 4. The van der Waals surface area contributed by atoms with Crippen LogP contribution in [0.1, 0.15) is 180 Å². The molecule has 0 atom stereocenters. The fourth-order valence-electron chi connectivity index (χ4n) is 14.3. The molecule has 0 amide bonds. The molecule has 2 aliphatic heterocycles. The normalized spacial score (nSPS) is 13.8. The summed E-state index contributed by atoms with van der Waals surface area (Å²) < 4.78 is 0. The van der Waals surface area contributed by atoms with Gasteiger partial charge in [-0.05, 0) is 139 Å². The van der Waals surface area contributed by atoms with Crippen LogP contribution in [0.2, 0.25) is 13.1 Å². The Bertz CT molecular complexity index is 3660. The van der Waals surface area contributed by atoms with Gasteiger partial charge in [-0.1, -0.05) is 298 Å². The predicted molar refractivity (Wildman–Crippen MR) is 355 cm³/mol. The second kappa shape index (κ2) is 21.9. The Morgan fingerprint density at radius 1 is 0.362 bits per heavy atom. The van der Waals surface area contributed by atoms with E-state index in [2.05, 4.69) is 296 Å². The highest BCUT2D eigenvalue weighted by Crippen LogP contribution is 2.58. The van der Waals surface area contributed by atoms with Crippen molar-refractivity contribution in [2.24, 2.45) is 0 Å². The summed E-state index contributed by atoms with van der Waals surface area (Å²) in [6, 6.07) is 74.0. The zero-order chi connectivity index (χ0) is 56.5. The molecular formula is C76H83B2NSi. The Labute approximate surface area is 483 Å². The first-order valence-electron chi connectivity index (χ1n) is 30.3. The molecule has 9 aromatic carbocycles. The Hall–Kier alpha value is -6.87. The lowest BCUT2D eigenvalue weighted by atomic mass is 9.20. The summed E-state index contributed by atoms with van der Waals surface area (Å²) in [6.45, 7) is 36.1.